The van der Waals surface area contributed by atoms with Crippen molar-refractivity contribution < 1.29 is 9.53 Å². The van der Waals surface area contributed by atoms with Crippen LogP contribution in [-0.2, 0) is 4.79 Å². The summed E-state index contributed by atoms with van der Waals surface area (Å²) in [7, 11) is 1.64. The Bertz CT molecular complexity index is 620. The summed E-state index contributed by atoms with van der Waals surface area (Å²) < 4.78 is 5.07. The van der Waals surface area contributed by atoms with Crippen LogP contribution in [0, 0.1) is 16.7 Å². The molecule has 3 rings (SSSR count). The number of anilines is 1. The average molecular weight is 348 g/mol. The van der Waals surface area contributed by atoms with Crippen molar-refractivity contribution in [1.82, 2.24) is 0 Å². The van der Waals surface area contributed by atoms with Crippen LogP contribution in [0.15, 0.2) is 24.3 Å². The highest BCUT2D eigenvalue weighted by atomic mass is 32.1. The molecule has 0 spiro atoms. The van der Waals surface area contributed by atoms with Gasteiger partial charge >= 0.3 is 0 Å². The van der Waals surface area contributed by atoms with E-state index in [0.29, 0.717) is 6.42 Å². The van der Waals surface area contributed by atoms with Crippen LogP contribution in [0.2, 0.25) is 0 Å². The minimum atomic E-state index is -0.0693. The van der Waals surface area contributed by atoms with Crippen LogP contribution in [0.1, 0.15) is 52.9 Å². The van der Waals surface area contributed by atoms with Gasteiger partial charge in [0.25, 0.3) is 0 Å². The Hall–Kier alpha value is -1.16. The van der Waals surface area contributed by atoms with Gasteiger partial charge in [-0.3, -0.25) is 4.79 Å². The Kier molecular flexibility index (Phi) is 4.40. The van der Waals surface area contributed by atoms with Crippen LogP contribution in [0.5, 0.6) is 5.75 Å². The topological polar surface area (TPSA) is 38.3 Å². The van der Waals surface area contributed by atoms with Gasteiger partial charge in [0.15, 0.2) is 0 Å². The van der Waals surface area contributed by atoms with E-state index in [9.17, 15) is 4.79 Å². The zero-order valence-corrected chi connectivity index (χ0v) is 16.1. The van der Waals surface area contributed by atoms with Gasteiger partial charge in [0, 0.05) is 16.9 Å². The van der Waals surface area contributed by atoms with Crippen molar-refractivity contribution in [3.63, 3.8) is 0 Å². The van der Waals surface area contributed by atoms with Crippen LogP contribution >= 0.6 is 12.6 Å². The van der Waals surface area contributed by atoms with Crippen molar-refractivity contribution in [2.24, 2.45) is 16.7 Å². The molecule has 24 heavy (non-hydrogen) atoms. The number of ether oxygens (including phenoxy) is 1. The molecule has 3 atom stereocenters. The molecule has 1 N–H and O–H groups in total. The number of hydrogen-bond donors (Lipinski definition) is 2. The number of methoxy groups -OCH3 is 1. The first-order valence-corrected chi connectivity index (χ1v) is 9.33. The number of thiol groups is 1. The summed E-state index contributed by atoms with van der Waals surface area (Å²) in [5, 5.41) is 2.99. The molecule has 0 saturated heterocycles. The smallest absolute Gasteiger partial charge is 0.224 e. The SMILES string of the molecule is COc1ccc(NC(=O)CCC2(S)C3(C)CCC(C3)C2(C)C)cc1. The van der Waals surface area contributed by atoms with Crippen molar-refractivity contribution in [2.45, 2.75) is 57.6 Å². The molecule has 0 radical (unpaired) electrons. The number of rotatable bonds is 5. The summed E-state index contributed by atoms with van der Waals surface area (Å²) in [5.41, 5.74) is 1.25. The molecule has 1 aromatic carbocycles. The summed E-state index contributed by atoms with van der Waals surface area (Å²) in [6.45, 7) is 7.06. The quantitative estimate of drug-likeness (QED) is 0.741. The van der Waals surface area contributed by atoms with Crippen LogP contribution < -0.4 is 10.1 Å². The van der Waals surface area contributed by atoms with E-state index in [2.05, 4.69) is 26.1 Å². The molecule has 0 aliphatic heterocycles. The van der Waals surface area contributed by atoms with Crippen molar-refractivity contribution in [3.05, 3.63) is 24.3 Å². The fraction of sp³-hybridized carbons (Fsp3) is 0.650. The highest BCUT2D eigenvalue weighted by Gasteiger charge is 2.66. The van der Waals surface area contributed by atoms with Gasteiger partial charge in [0.2, 0.25) is 5.91 Å². The maximum absolute atomic E-state index is 12.4. The zero-order valence-electron chi connectivity index (χ0n) is 15.2. The number of hydrogen-bond acceptors (Lipinski definition) is 3. The summed E-state index contributed by atoms with van der Waals surface area (Å²) in [5.74, 6) is 1.60. The summed E-state index contributed by atoms with van der Waals surface area (Å²) >= 11 is 5.18. The lowest BCUT2D eigenvalue weighted by molar-refractivity contribution is -0.116. The number of nitrogens with one attached hydrogen (secondary N) is 1. The van der Waals surface area contributed by atoms with Gasteiger partial charge in [-0.15, -0.1) is 0 Å². The van der Waals surface area contributed by atoms with E-state index >= 15 is 0 Å². The second-order valence-electron chi connectivity index (χ2n) is 8.36. The number of benzene rings is 1. The van der Waals surface area contributed by atoms with Gasteiger partial charge in [0.05, 0.1) is 7.11 Å². The molecule has 2 aliphatic rings. The number of carbonyl (C=O) groups is 1. The van der Waals surface area contributed by atoms with E-state index in [1.54, 1.807) is 7.11 Å². The standard InChI is InChI=1S/C20H29NO2S/c1-18(2)14-9-11-19(3,13-14)20(18,24)12-10-17(22)21-15-5-7-16(23-4)8-6-15/h5-8,14,24H,9-13H2,1-4H3,(H,21,22). The maximum atomic E-state index is 12.4. The molecular weight excluding hydrogens is 318 g/mol. The normalized spacial score (nSPS) is 33.5. The van der Waals surface area contributed by atoms with Gasteiger partial charge in [-0.1, -0.05) is 20.8 Å². The van der Waals surface area contributed by atoms with Crippen LogP contribution in [0.25, 0.3) is 0 Å². The fourth-order valence-electron chi connectivity index (χ4n) is 5.16. The molecule has 2 fully saturated rings. The van der Waals surface area contributed by atoms with Crippen LogP contribution in [0.3, 0.4) is 0 Å². The Morgan fingerprint density at radius 3 is 2.50 bits per heavy atom. The first-order chi connectivity index (χ1) is 11.2. The molecule has 0 heterocycles. The van der Waals surface area contributed by atoms with Gasteiger partial charge < -0.3 is 10.1 Å². The molecule has 3 nitrogen and oxygen atoms in total. The number of fused-ring (bicyclic) bond motifs is 2. The predicted octanol–water partition coefficient (Wildman–Crippen LogP) is 4.93. The van der Waals surface area contributed by atoms with E-state index in [-0.39, 0.29) is 21.5 Å². The third-order valence-corrected chi connectivity index (χ3v) is 8.25. The molecular formula is C20H29NO2S. The second-order valence-corrected chi connectivity index (χ2v) is 9.12. The van der Waals surface area contributed by atoms with E-state index in [1.807, 2.05) is 24.3 Å². The minimum Gasteiger partial charge on any atom is -0.497 e. The minimum absolute atomic E-state index is 0.0655. The van der Waals surface area contributed by atoms with Crippen molar-refractivity contribution in [2.75, 3.05) is 12.4 Å². The lowest BCUT2D eigenvalue weighted by atomic mass is 9.61. The summed E-state index contributed by atoms with van der Waals surface area (Å²) in [6.07, 6.45) is 5.15. The third kappa shape index (κ3) is 2.63. The van der Waals surface area contributed by atoms with Crippen molar-refractivity contribution in [3.8, 4) is 5.75 Å². The van der Waals surface area contributed by atoms with E-state index in [0.717, 1.165) is 23.8 Å². The van der Waals surface area contributed by atoms with Gasteiger partial charge in [0.1, 0.15) is 5.75 Å². The average Bonchev–Trinajstić information content (AvgIpc) is 3.02. The number of carbonyl (C=O) groups excluding carboxylic acids is 1. The Balaban J connectivity index is 1.63. The van der Waals surface area contributed by atoms with E-state index in [1.165, 1.54) is 19.3 Å². The maximum Gasteiger partial charge on any atom is 0.224 e. The molecule has 4 heteroatoms. The van der Waals surface area contributed by atoms with Crippen molar-refractivity contribution in [1.29, 1.82) is 0 Å². The molecule has 2 bridgehead atoms. The van der Waals surface area contributed by atoms with Gasteiger partial charge in [-0.2, -0.15) is 12.6 Å². The van der Waals surface area contributed by atoms with Crippen LogP contribution in [0.4, 0.5) is 5.69 Å². The molecule has 132 valence electrons. The predicted molar refractivity (Wildman–Crippen MR) is 102 cm³/mol. The molecule has 1 aromatic rings. The van der Waals surface area contributed by atoms with Crippen molar-refractivity contribution >= 4 is 24.2 Å². The zero-order chi connectivity index (χ0) is 17.6. The Labute approximate surface area is 151 Å². The lowest BCUT2D eigenvalue weighted by Gasteiger charge is -2.51. The number of amides is 1. The highest BCUT2D eigenvalue weighted by Crippen LogP contribution is 2.71. The first kappa shape index (κ1) is 17.7. The molecule has 3 unspecified atom stereocenters. The first-order valence-electron chi connectivity index (χ1n) is 8.88. The van der Waals surface area contributed by atoms with E-state index < -0.39 is 0 Å². The third-order valence-electron chi connectivity index (χ3n) is 6.91. The molecule has 0 aromatic heterocycles. The fourth-order valence-corrected chi connectivity index (χ4v) is 5.66. The molecule has 2 aliphatic carbocycles. The Morgan fingerprint density at radius 2 is 1.96 bits per heavy atom. The van der Waals surface area contributed by atoms with Crippen LogP contribution in [-0.4, -0.2) is 17.8 Å². The summed E-state index contributed by atoms with van der Waals surface area (Å²) in [4.78, 5) is 12.4. The largest absolute Gasteiger partial charge is 0.497 e. The lowest BCUT2D eigenvalue weighted by Crippen LogP contribution is -2.50. The molecule has 2 saturated carbocycles. The Morgan fingerprint density at radius 1 is 1.29 bits per heavy atom. The highest BCUT2D eigenvalue weighted by molar-refractivity contribution is 7.82. The monoisotopic (exact) mass is 347 g/mol. The van der Waals surface area contributed by atoms with Gasteiger partial charge in [-0.05, 0) is 66.7 Å². The summed E-state index contributed by atoms with van der Waals surface area (Å²) in [6, 6.07) is 7.46. The van der Waals surface area contributed by atoms with E-state index in [4.69, 9.17) is 17.4 Å². The molecule has 1 amide bonds. The van der Waals surface area contributed by atoms with Gasteiger partial charge in [-0.25, -0.2) is 0 Å². The second kappa shape index (κ2) is 5.98.